The maximum absolute atomic E-state index is 12.1. The molecule has 0 saturated carbocycles. The van der Waals surface area contributed by atoms with Gasteiger partial charge in [-0.05, 0) is 39.0 Å². The Morgan fingerprint density at radius 2 is 1.94 bits per heavy atom. The quantitative estimate of drug-likeness (QED) is 0.858. The number of nitrogen functional groups attached to an aromatic ring is 1. The van der Waals surface area contributed by atoms with Crippen molar-refractivity contribution in [1.82, 2.24) is 0 Å². The van der Waals surface area contributed by atoms with Crippen LogP contribution < -0.4 is 5.73 Å². The van der Waals surface area contributed by atoms with Crippen LogP contribution in [0.1, 0.15) is 20.8 Å². The summed E-state index contributed by atoms with van der Waals surface area (Å²) in [5.74, 6) is -0.0784. The molecule has 0 fully saturated rings. The van der Waals surface area contributed by atoms with Gasteiger partial charge in [0.15, 0.2) is 9.84 Å². The summed E-state index contributed by atoms with van der Waals surface area (Å²) >= 11 is 3.24. The summed E-state index contributed by atoms with van der Waals surface area (Å²) in [6, 6.07) is 4.79. The third-order valence-corrected chi connectivity index (χ3v) is 4.42. The van der Waals surface area contributed by atoms with Gasteiger partial charge in [-0.3, -0.25) is 0 Å². The van der Waals surface area contributed by atoms with Gasteiger partial charge in [0.2, 0.25) is 0 Å². The molecule has 0 aliphatic carbocycles. The Bertz CT molecular complexity index is 521. The summed E-state index contributed by atoms with van der Waals surface area (Å²) in [5.41, 5.74) is 5.60. The Labute approximate surface area is 117 Å². The van der Waals surface area contributed by atoms with E-state index in [1.807, 2.05) is 20.8 Å². The molecule has 0 amide bonds. The molecule has 18 heavy (non-hydrogen) atoms. The molecule has 0 aliphatic rings. The van der Waals surface area contributed by atoms with Gasteiger partial charge in [0, 0.05) is 4.47 Å². The molecule has 0 spiro atoms. The first-order chi connectivity index (χ1) is 8.12. The highest BCUT2D eigenvalue weighted by molar-refractivity contribution is 9.10. The third-order valence-electron chi connectivity index (χ3n) is 2.20. The fourth-order valence-corrected chi connectivity index (χ4v) is 3.11. The maximum atomic E-state index is 12.1. The highest BCUT2D eigenvalue weighted by Crippen LogP contribution is 2.24. The van der Waals surface area contributed by atoms with E-state index >= 15 is 0 Å². The molecule has 102 valence electrons. The van der Waals surface area contributed by atoms with Crippen LogP contribution in [0.2, 0.25) is 0 Å². The topological polar surface area (TPSA) is 69.4 Å². The highest BCUT2D eigenvalue weighted by Gasteiger charge is 2.19. The standard InChI is InChI=1S/C12H18BrNO3S/c1-12(2,3)17-6-7-18(15,16)11-8-9(13)4-5-10(11)14/h4-5,8H,6-7,14H2,1-3H3. The van der Waals surface area contributed by atoms with Gasteiger partial charge in [-0.25, -0.2) is 8.42 Å². The SMILES string of the molecule is CC(C)(C)OCCS(=O)(=O)c1cc(Br)ccc1N. The number of anilines is 1. The van der Waals surface area contributed by atoms with Crippen molar-refractivity contribution < 1.29 is 13.2 Å². The van der Waals surface area contributed by atoms with Crippen LogP contribution in [0.25, 0.3) is 0 Å². The second kappa shape index (κ2) is 5.59. The van der Waals surface area contributed by atoms with Crippen molar-refractivity contribution in [2.75, 3.05) is 18.1 Å². The zero-order valence-electron chi connectivity index (χ0n) is 10.7. The van der Waals surface area contributed by atoms with Crippen molar-refractivity contribution in [1.29, 1.82) is 0 Å². The van der Waals surface area contributed by atoms with Gasteiger partial charge in [-0.15, -0.1) is 0 Å². The molecule has 0 unspecified atom stereocenters. The van der Waals surface area contributed by atoms with Gasteiger partial charge in [0.1, 0.15) is 0 Å². The van der Waals surface area contributed by atoms with E-state index in [-0.39, 0.29) is 28.5 Å². The van der Waals surface area contributed by atoms with Crippen LogP contribution >= 0.6 is 15.9 Å². The molecule has 0 aliphatic heterocycles. The smallest absolute Gasteiger partial charge is 0.182 e. The number of rotatable bonds is 4. The van der Waals surface area contributed by atoms with E-state index in [1.165, 1.54) is 6.07 Å². The number of ether oxygens (including phenoxy) is 1. The molecule has 6 heteroatoms. The summed E-state index contributed by atoms with van der Waals surface area (Å²) in [7, 11) is -3.42. The number of halogens is 1. The predicted octanol–water partition coefficient (Wildman–Crippen LogP) is 2.62. The lowest BCUT2D eigenvalue weighted by Gasteiger charge is -2.19. The first-order valence-corrected chi connectivity index (χ1v) is 7.98. The monoisotopic (exact) mass is 335 g/mol. The van der Waals surface area contributed by atoms with Crippen LogP contribution in [-0.2, 0) is 14.6 Å². The largest absolute Gasteiger partial charge is 0.398 e. The van der Waals surface area contributed by atoms with Crippen molar-refractivity contribution in [3.63, 3.8) is 0 Å². The van der Waals surface area contributed by atoms with E-state index in [0.29, 0.717) is 4.47 Å². The first kappa shape index (κ1) is 15.5. The van der Waals surface area contributed by atoms with E-state index in [0.717, 1.165) is 0 Å². The molecule has 1 aromatic carbocycles. The van der Waals surface area contributed by atoms with E-state index in [9.17, 15) is 8.42 Å². The van der Waals surface area contributed by atoms with Gasteiger partial charge in [0.05, 0.1) is 28.5 Å². The Balaban J connectivity index is 2.84. The molecule has 2 N–H and O–H groups in total. The molecule has 0 aromatic heterocycles. The molecule has 0 atom stereocenters. The second-order valence-corrected chi connectivity index (χ2v) is 7.96. The fourth-order valence-electron chi connectivity index (χ4n) is 1.35. The molecule has 1 aromatic rings. The van der Waals surface area contributed by atoms with E-state index in [2.05, 4.69) is 15.9 Å². The lowest BCUT2D eigenvalue weighted by atomic mass is 10.2. The van der Waals surface area contributed by atoms with Crippen molar-refractivity contribution in [3.05, 3.63) is 22.7 Å². The Morgan fingerprint density at radius 1 is 1.33 bits per heavy atom. The number of nitrogens with two attached hydrogens (primary N) is 1. The minimum atomic E-state index is -3.42. The van der Waals surface area contributed by atoms with Gasteiger partial charge in [-0.1, -0.05) is 15.9 Å². The molecule has 1 rings (SSSR count). The zero-order chi connectivity index (χ0) is 14.0. The van der Waals surface area contributed by atoms with Crippen molar-refractivity contribution in [2.45, 2.75) is 31.3 Å². The van der Waals surface area contributed by atoms with Crippen LogP contribution in [0.4, 0.5) is 5.69 Å². The summed E-state index contributed by atoms with van der Waals surface area (Å²) < 4.78 is 30.3. The number of hydrogen-bond acceptors (Lipinski definition) is 4. The highest BCUT2D eigenvalue weighted by atomic mass is 79.9. The summed E-state index contributed by atoms with van der Waals surface area (Å²) in [6.45, 7) is 5.80. The van der Waals surface area contributed by atoms with Gasteiger partial charge < -0.3 is 10.5 Å². The van der Waals surface area contributed by atoms with Crippen LogP contribution in [-0.4, -0.2) is 26.4 Å². The third kappa shape index (κ3) is 4.59. The summed E-state index contributed by atoms with van der Waals surface area (Å²) in [6.07, 6.45) is 0. The molecular weight excluding hydrogens is 318 g/mol. The van der Waals surface area contributed by atoms with E-state index in [1.54, 1.807) is 12.1 Å². The lowest BCUT2D eigenvalue weighted by Crippen LogP contribution is -2.24. The number of sulfone groups is 1. The lowest BCUT2D eigenvalue weighted by molar-refractivity contribution is 0.00645. The van der Waals surface area contributed by atoms with Crippen LogP contribution in [0.3, 0.4) is 0 Å². The summed E-state index contributed by atoms with van der Waals surface area (Å²) in [4.78, 5) is 0.148. The molecule has 0 bridgehead atoms. The molecule has 4 nitrogen and oxygen atoms in total. The van der Waals surface area contributed by atoms with Gasteiger partial charge in [-0.2, -0.15) is 0 Å². The minimum absolute atomic E-state index is 0.0784. The van der Waals surface area contributed by atoms with Gasteiger partial charge in [0.25, 0.3) is 0 Å². The minimum Gasteiger partial charge on any atom is -0.398 e. The van der Waals surface area contributed by atoms with Crippen molar-refractivity contribution in [3.8, 4) is 0 Å². The van der Waals surface area contributed by atoms with E-state index < -0.39 is 9.84 Å². The normalized spacial score (nSPS) is 12.7. The van der Waals surface area contributed by atoms with Gasteiger partial charge >= 0.3 is 0 Å². The van der Waals surface area contributed by atoms with Crippen molar-refractivity contribution >= 4 is 31.5 Å². The van der Waals surface area contributed by atoms with Crippen molar-refractivity contribution in [2.24, 2.45) is 0 Å². The Morgan fingerprint density at radius 3 is 2.50 bits per heavy atom. The molecule has 0 saturated heterocycles. The predicted molar refractivity (Wildman–Crippen MR) is 76.3 cm³/mol. The Hall–Kier alpha value is -0.590. The second-order valence-electron chi connectivity index (χ2n) is 4.96. The Kier molecular flexibility index (Phi) is 4.80. The van der Waals surface area contributed by atoms with Crippen LogP contribution in [0.15, 0.2) is 27.6 Å². The number of hydrogen-bond donors (Lipinski definition) is 1. The molecule has 0 heterocycles. The van der Waals surface area contributed by atoms with Crippen LogP contribution in [0, 0.1) is 0 Å². The summed E-state index contributed by atoms with van der Waals surface area (Å²) in [5, 5.41) is 0. The molecular formula is C12H18BrNO3S. The zero-order valence-corrected chi connectivity index (χ0v) is 13.1. The average Bonchev–Trinajstić information content (AvgIpc) is 2.19. The number of benzene rings is 1. The van der Waals surface area contributed by atoms with Crippen LogP contribution in [0.5, 0.6) is 0 Å². The fraction of sp³-hybridized carbons (Fsp3) is 0.500. The first-order valence-electron chi connectivity index (χ1n) is 5.53. The molecule has 0 radical (unpaired) electrons. The maximum Gasteiger partial charge on any atom is 0.182 e. The average molecular weight is 336 g/mol. The van der Waals surface area contributed by atoms with E-state index in [4.69, 9.17) is 10.5 Å².